The van der Waals surface area contributed by atoms with Crippen molar-refractivity contribution in [3.05, 3.63) is 33.9 Å². The third kappa shape index (κ3) is 3.24. The van der Waals surface area contributed by atoms with E-state index in [0.717, 1.165) is 12.8 Å². The van der Waals surface area contributed by atoms with Crippen molar-refractivity contribution in [2.75, 3.05) is 12.3 Å². The molecule has 1 aliphatic rings. The lowest BCUT2D eigenvalue weighted by atomic mass is 10.0. The van der Waals surface area contributed by atoms with Gasteiger partial charge in [0.25, 0.3) is 11.6 Å². The average molecular weight is 279 g/mol. The number of carbonyl (C=O) groups is 1. The number of nitrogens with two attached hydrogens (primary N) is 1. The number of anilines is 1. The highest BCUT2D eigenvalue weighted by Crippen LogP contribution is 2.20. The Labute approximate surface area is 116 Å². The predicted octanol–water partition coefficient (Wildman–Crippen LogP) is 1.47. The minimum Gasteiger partial charge on any atom is -0.398 e. The van der Waals surface area contributed by atoms with Crippen molar-refractivity contribution in [1.82, 2.24) is 5.32 Å². The van der Waals surface area contributed by atoms with E-state index in [4.69, 9.17) is 10.5 Å². The van der Waals surface area contributed by atoms with Crippen LogP contribution in [0, 0.1) is 10.1 Å². The summed E-state index contributed by atoms with van der Waals surface area (Å²) in [6.45, 7) is 2.54. The van der Waals surface area contributed by atoms with Crippen LogP contribution in [-0.2, 0) is 4.74 Å². The number of nitro benzene ring substituents is 1. The van der Waals surface area contributed by atoms with Crippen LogP contribution in [0.2, 0.25) is 0 Å². The quantitative estimate of drug-likeness (QED) is 0.495. The van der Waals surface area contributed by atoms with Gasteiger partial charge in [-0.05, 0) is 25.8 Å². The molecule has 3 N–H and O–H groups in total. The zero-order chi connectivity index (χ0) is 14.7. The van der Waals surface area contributed by atoms with Crippen molar-refractivity contribution in [2.24, 2.45) is 0 Å². The molecule has 2 rings (SSSR count). The highest BCUT2D eigenvalue weighted by Gasteiger charge is 2.23. The number of hydrogen-bond acceptors (Lipinski definition) is 5. The Kier molecular flexibility index (Phi) is 4.19. The summed E-state index contributed by atoms with van der Waals surface area (Å²) in [7, 11) is 0. The summed E-state index contributed by atoms with van der Waals surface area (Å²) in [5.74, 6) is -0.384. The van der Waals surface area contributed by atoms with Crippen LogP contribution in [0.5, 0.6) is 0 Å². The fourth-order valence-electron chi connectivity index (χ4n) is 2.25. The first-order chi connectivity index (χ1) is 9.47. The molecule has 7 heteroatoms. The monoisotopic (exact) mass is 279 g/mol. The molecule has 2 unspecified atom stereocenters. The fraction of sp³-hybridized carbons (Fsp3) is 0.462. The lowest BCUT2D eigenvalue weighted by molar-refractivity contribution is -0.384. The molecule has 0 spiro atoms. The Morgan fingerprint density at radius 3 is 2.95 bits per heavy atom. The summed E-state index contributed by atoms with van der Waals surface area (Å²) in [4.78, 5) is 22.3. The number of carbonyl (C=O) groups excluding carboxylic acids is 1. The molecule has 20 heavy (non-hydrogen) atoms. The third-order valence-electron chi connectivity index (χ3n) is 3.31. The third-order valence-corrected chi connectivity index (χ3v) is 3.31. The van der Waals surface area contributed by atoms with Gasteiger partial charge in [-0.1, -0.05) is 0 Å². The molecule has 1 saturated heterocycles. The second kappa shape index (κ2) is 5.87. The highest BCUT2D eigenvalue weighted by molar-refractivity contribution is 5.99. The molecule has 0 aromatic heterocycles. The van der Waals surface area contributed by atoms with Crippen LogP contribution in [0.15, 0.2) is 18.2 Å². The van der Waals surface area contributed by atoms with Crippen molar-refractivity contribution in [2.45, 2.75) is 31.9 Å². The van der Waals surface area contributed by atoms with Crippen molar-refractivity contribution >= 4 is 17.3 Å². The molecule has 1 fully saturated rings. The van der Waals surface area contributed by atoms with Crippen molar-refractivity contribution in [3.63, 3.8) is 0 Å². The first-order valence-corrected chi connectivity index (χ1v) is 6.43. The van der Waals surface area contributed by atoms with Crippen LogP contribution in [0.3, 0.4) is 0 Å². The Morgan fingerprint density at radius 1 is 1.55 bits per heavy atom. The molecule has 1 aromatic rings. The van der Waals surface area contributed by atoms with E-state index in [-0.39, 0.29) is 35.0 Å². The van der Waals surface area contributed by atoms with E-state index >= 15 is 0 Å². The molecule has 0 radical (unpaired) electrons. The average Bonchev–Trinajstić information content (AvgIpc) is 2.38. The van der Waals surface area contributed by atoms with Crippen LogP contribution < -0.4 is 11.1 Å². The molecule has 7 nitrogen and oxygen atoms in total. The Morgan fingerprint density at radius 2 is 2.30 bits per heavy atom. The number of amides is 1. The van der Waals surface area contributed by atoms with Gasteiger partial charge in [0.1, 0.15) is 0 Å². The zero-order valence-corrected chi connectivity index (χ0v) is 11.2. The topological polar surface area (TPSA) is 107 Å². The van der Waals surface area contributed by atoms with Gasteiger partial charge in [-0.25, -0.2) is 0 Å². The van der Waals surface area contributed by atoms with Gasteiger partial charge in [0.2, 0.25) is 0 Å². The number of hydrogen-bond donors (Lipinski definition) is 2. The second-order valence-electron chi connectivity index (χ2n) is 4.90. The van der Waals surface area contributed by atoms with Crippen molar-refractivity contribution < 1.29 is 14.5 Å². The van der Waals surface area contributed by atoms with E-state index in [1.807, 2.05) is 6.92 Å². The van der Waals surface area contributed by atoms with E-state index in [1.165, 1.54) is 18.2 Å². The molecule has 1 heterocycles. The fourth-order valence-corrected chi connectivity index (χ4v) is 2.25. The number of nitrogens with one attached hydrogen (secondary N) is 1. The first-order valence-electron chi connectivity index (χ1n) is 6.43. The number of nitrogen functional groups attached to an aromatic ring is 1. The molecule has 0 bridgehead atoms. The minimum atomic E-state index is -0.549. The van der Waals surface area contributed by atoms with E-state index in [9.17, 15) is 14.9 Å². The number of non-ortho nitro benzene ring substituents is 1. The van der Waals surface area contributed by atoms with Gasteiger partial charge in [-0.2, -0.15) is 0 Å². The summed E-state index contributed by atoms with van der Waals surface area (Å²) in [6, 6.07) is 3.86. The summed E-state index contributed by atoms with van der Waals surface area (Å²) >= 11 is 0. The Balaban J connectivity index is 2.12. The molecular formula is C13H17N3O4. The lowest BCUT2D eigenvalue weighted by Crippen LogP contribution is -2.41. The summed E-state index contributed by atoms with van der Waals surface area (Å²) < 4.78 is 5.40. The highest BCUT2D eigenvalue weighted by atomic mass is 16.6. The predicted molar refractivity (Wildman–Crippen MR) is 73.4 cm³/mol. The van der Waals surface area contributed by atoms with Gasteiger partial charge < -0.3 is 15.8 Å². The molecule has 0 aliphatic carbocycles. The van der Waals surface area contributed by atoms with Crippen LogP contribution in [-0.4, -0.2) is 29.6 Å². The molecule has 1 aromatic carbocycles. The number of rotatable bonds is 3. The van der Waals surface area contributed by atoms with Gasteiger partial charge in [-0.15, -0.1) is 0 Å². The molecule has 1 aliphatic heterocycles. The maximum absolute atomic E-state index is 12.2. The molecule has 108 valence electrons. The maximum Gasteiger partial charge on any atom is 0.270 e. The molecule has 1 amide bonds. The summed E-state index contributed by atoms with van der Waals surface area (Å²) in [5, 5.41) is 13.6. The molecule has 2 atom stereocenters. The summed E-state index contributed by atoms with van der Waals surface area (Å²) in [5.41, 5.74) is 5.93. The van der Waals surface area contributed by atoms with Crippen LogP contribution >= 0.6 is 0 Å². The first kappa shape index (κ1) is 14.3. The van der Waals surface area contributed by atoms with Gasteiger partial charge in [0.05, 0.1) is 16.6 Å². The Hall–Kier alpha value is -2.15. The van der Waals surface area contributed by atoms with Crippen LogP contribution in [0.1, 0.15) is 30.1 Å². The van der Waals surface area contributed by atoms with E-state index in [0.29, 0.717) is 6.61 Å². The number of nitrogens with zero attached hydrogens (tertiary/aromatic N) is 1. The lowest BCUT2D eigenvalue weighted by Gasteiger charge is -2.28. The number of nitro groups is 1. The van der Waals surface area contributed by atoms with Crippen molar-refractivity contribution in [3.8, 4) is 0 Å². The molecule has 0 saturated carbocycles. The minimum absolute atomic E-state index is 0.00455. The number of ether oxygens (including phenoxy) is 1. The normalized spacial score (nSPS) is 22.2. The van der Waals surface area contributed by atoms with Gasteiger partial charge in [0, 0.05) is 30.5 Å². The molecular weight excluding hydrogens is 262 g/mol. The van der Waals surface area contributed by atoms with E-state index in [1.54, 1.807) is 0 Å². The van der Waals surface area contributed by atoms with Gasteiger partial charge >= 0.3 is 0 Å². The van der Waals surface area contributed by atoms with E-state index < -0.39 is 4.92 Å². The standard InChI is InChI=1S/C13H17N3O4/c1-8-6-9(4-5-20-8)15-13(17)11-7-10(16(18)19)2-3-12(11)14/h2-3,7-9H,4-6,14H2,1H3,(H,15,17). The van der Waals surface area contributed by atoms with Crippen LogP contribution in [0.4, 0.5) is 11.4 Å². The largest absolute Gasteiger partial charge is 0.398 e. The SMILES string of the molecule is CC1CC(NC(=O)c2cc([N+](=O)[O-])ccc2N)CCO1. The van der Waals surface area contributed by atoms with Crippen LogP contribution in [0.25, 0.3) is 0 Å². The van der Waals surface area contributed by atoms with Crippen molar-refractivity contribution in [1.29, 1.82) is 0 Å². The van der Waals surface area contributed by atoms with Gasteiger partial charge in [-0.3, -0.25) is 14.9 Å². The van der Waals surface area contributed by atoms with E-state index in [2.05, 4.69) is 5.32 Å². The Bertz CT molecular complexity index is 532. The number of benzene rings is 1. The zero-order valence-electron chi connectivity index (χ0n) is 11.2. The summed E-state index contributed by atoms with van der Waals surface area (Å²) in [6.07, 6.45) is 1.54. The van der Waals surface area contributed by atoms with Gasteiger partial charge in [0.15, 0.2) is 0 Å². The maximum atomic E-state index is 12.2. The second-order valence-corrected chi connectivity index (χ2v) is 4.90. The smallest absolute Gasteiger partial charge is 0.270 e.